The van der Waals surface area contributed by atoms with Crippen LogP contribution in [0.4, 0.5) is 0 Å². The summed E-state index contributed by atoms with van der Waals surface area (Å²) in [6, 6.07) is 4.83. The predicted octanol–water partition coefficient (Wildman–Crippen LogP) is 6.88. The number of thiazole rings is 1. The zero-order chi connectivity index (χ0) is 46.1. The Labute approximate surface area is 374 Å². The second kappa shape index (κ2) is 26.0. The van der Waals surface area contributed by atoms with E-state index < -0.39 is 42.0 Å². The Morgan fingerprint density at radius 3 is 2.19 bits per heavy atom. The van der Waals surface area contributed by atoms with E-state index in [1.165, 1.54) is 11.3 Å². The number of rotatable bonds is 26. The number of aromatic nitrogens is 1. The van der Waals surface area contributed by atoms with Crippen LogP contribution in [0.1, 0.15) is 141 Å². The van der Waals surface area contributed by atoms with Crippen molar-refractivity contribution < 1.29 is 38.6 Å². The Hall–Kier alpha value is -3.92. The first-order valence-corrected chi connectivity index (χ1v) is 23.7. The molecular formula is C47H76N6O8S. The number of carboxylic acids is 1. The van der Waals surface area contributed by atoms with Gasteiger partial charge in [0.15, 0.2) is 0 Å². The molecule has 0 aliphatic carbocycles. The number of nitrogens with one attached hydrogen (secondary N) is 3. The highest BCUT2D eigenvalue weighted by Crippen LogP contribution is 2.32. The van der Waals surface area contributed by atoms with Crippen LogP contribution >= 0.6 is 11.3 Å². The molecule has 15 heteroatoms. The fourth-order valence-electron chi connectivity index (χ4n) is 8.08. The van der Waals surface area contributed by atoms with Gasteiger partial charge in [-0.25, -0.2) is 9.78 Å². The van der Waals surface area contributed by atoms with Crippen molar-refractivity contribution in [3.63, 3.8) is 0 Å². The Bertz CT molecular complexity index is 1720. The van der Waals surface area contributed by atoms with Crippen molar-refractivity contribution in [1.29, 1.82) is 0 Å². The first-order valence-electron chi connectivity index (χ1n) is 22.8. The molecule has 0 spiro atoms. The lowest BCUT2D eigenvalue weighted by atomic mass is 9.92. The van der Waals surface area contributed by atoms with Gasteiger partial charge in [0.05, 0.1) is 12.0 Å². The number of likely N-dealkylation sites (tertiary alicyclic amines) is 1. The summed E-state index contributed by atoms with van der Waals surface area (Å²) in [5.74, 6) is -2.29. The van der Waals surface area contributed by atoms with E-state index in [2.05, 4.69) is 34.7 Å². The van der Waals surface area contributed by atoms with Crippen LogP contribution in [0.5, 0.6) is 5.75 Å². The van der Waals surface area contributed by atoms with Crippen LogP contribution in [0.2, 0.25) is 0 Å². The van der Waals surface area contributed by atoms with Gasteiger partial charge in [-0.05, 0) is 94.6 Å². The number of esters is 1. The first kappa shape index (κ1) is 52.4. The van der Waals surface area contributed by atoms with E-state index in [4.69, 9.17) is 14.5 Å². The van der Waals surface area contributed by atoms with Crippen LogP contribution in [-0.4, -0.2) is 114 Å². The van der Waals surface area contributed by atoms with Crippen molar-refractivity contribution in [2.45, 2.75) is 156 Å². The molecule has 1 aromatic heterocycles. The van der Waals surface area contributed by atoms with Gasteiger partial charge in [-0.2, -0.15) is 0 Å². The number of carbonyl (C=O) groups is 5. The van der Waals surface area contributed by atoms with Crippen LogP contribution in [0.3, 0.4) is 0 Å². The number of hydrogen-bond acceptors (Lipinski definition) is 11. The van der Waals surface area contributed by atoms with Crippen molar-refractivity contribution in [2.75, 3.05) is 33.8 Å². The SMILES string of the molecule is CCCO[C@H](C[C@H](C(C)C)N(CCC)C(=O)[C@@H](NC(=O)[C@H]1CCCCN1C)[C@@H](C)CC)c1nc(C(=O)N[C@@H](Cc2ccc(OC(=O)[C@H](NC)C(C)C)cc2)C[C@H](C)C(=O)O)cs1. The lowest BCUT2D eigenvalue weighted by Gasteiger charge is -2.40. The van der Waals surface area contributed by atoms with Crippen molar-refractivity contribution >= 4 is 41.0 Å². The molecule has 14 nitrogen and oxygen atoms in total. The molecule has 8 atom stereocenters. The highest BCUT2D eigenvalue weighted by molar-refractivity contribution is 7.09. The molecule has 1 saturated heterocycles. The Balaban J connectivity index is 1.85. The normalized spacial score (nSPS) is 18.0. The maximum atomic E-state index is 14.7. The maximum absolute atomic E-state index is 14.7. The average Bonchev–Trinajstić information content (AvgIpc) is 3.73. The van der Waals surface area contributed by atoms with Crippen LogP contribution in [0, 0.1) is 23.7 Å². The average molecular weight is 885 g/mol. The third-order valence-electron chi connectivity index (χ3n) is 12.0. The molecule has 0 radical (unpaired) electrons. The molecule has 2 aromatic rings. The summed E-state index contributed by atoms with van der Waals surface area (Å²) < 4.78 is 12.0. The van der Waals surface area contributed by atoms with Crippen LogP contribution in [0.25, 0.3) is 0 Å². The molecule has 1 fully saturated rings. The van der Waals surface area contributed by atoms with E-state index in [1.807, 2.05) is 53.5 Å². The van der Waals surface area contributed by atoms with Gasteiger partial charge in [-0.15, -0.1) is 11.3 Å². The monoisotopic (exact) mass is 885 g/mol. The van der Waals surface area contributed by atoms with E-state index >= 15 is 0 Å². The van der Waals surface area contributed by atoms with E-state index in [9.17, 15) is 29.1 Å². The van der Waals surface area contributed by atoms with Crippen molar-refractivity contribution in [3.05, 3.63) is 45.9 Å². The molecule has 348 valence electrons. The zero-order valence-electron chi connectivity index (χ0n) is 39.2. The van der Waals surface area contributed by atoms with Gasteiger partial charge < -0.3 is 35.4 Å². The number of hydrogen-bond donors (Lipinski definition) is 4. The standard InChI is InChI=1S/C47H76N6O8S/c1-12-22-53(45(56)41(31(8)14-3)51-43(55)37-17-15-16-23-52(37)11)38(29(4)5)27-39(60-24-13-2)44-50-36(28-62-44)42(54)49-34(25-32(9)46(57)58)26-33-18-20-35(21-19-33)61-47(59)40(48-10)30(6)7/h18-21,28-32,34,37-41,48H,12-17,22-27H2,1-11H3,(H,49,54)(H,51,55)(H,57,58)/t31-,32-,34+,37+,38+,39+,40+,41-/m0/s1. The van der Waals surface area contributed by atoms with Crippen LogP contribution < -0.4 is 20.7 Å². The third-order valence-corrected chi connectivity index (χ3v) is 13.0. The van der Waals surface area contributed by atoms with Gasteiger partial charge in [0.1, 0.15) is 34.6 Å². The van der Waals surface area contributed by atoms with Gasteiger partial charge in [0.25, 0.3) is 5.91 Å². The summed E-state index contributed by atoms with van der Waals surface area (Å²) in [5, 5.41) is 21.3. The van der Waals surface area contributed by atoms with Gasteiger partial charge in [0.2, 0.25) is 11.8 Å². The fourth-order valence-corrected chi connectivity index (χ4v) is 8.94. The lowest BCUT2D eigenvalue weighted by Crippen LogP contribution is -2.58. The molecule has 4 N–H and O–H groups in total. The third kappa shape index (κ3) is 15.4. The Kier molecular flexibility index (Phi) is 22.0. The quantitative estimate of drug-likeness (QED) is 0.0572. The Morgan fingerprint density at radius 2 is 1.63 bits per heavy atom. The number of piperidine rings is 1. The second-order valence-corrected chi connectivity index (χ2v) is 18.7. The van der Waals surface area contributed by atoms with E-state index in [1.54, 1.807) is 43.6 Å². The van der Waals surface area contributed by atoms with Crippen molar-refractivity contribution in [3.8, 4) is 5.75 Å². The van der Waals surface area contributed by atoms with Crippen LogP contribution in [0.15, 0.2) is 29.6 Å². The summed E-state index contributed by atoms with van der Waals surface area (Å²) in [4.78, 5) is 75.6. The van der Waals surface area contributed by atoms with E-state index in [-0.39, 0.29) is 59.7 Å². The number of carboxylic acid groups (broad SMARTS) is 1. The van der Waals surface area contributed by atoms with E-state index in [0.717, 1.165) is 50.6 Å². The fraction of sp³-hybridized carbons (Fsp3) is 0.702. The maximum Gasteiger partial charge on any atom is 0.328 e. The minimum atomic E-state index is -0.965. The number of nitrogens with zero attached hydrogens (tertiary/aromatic N) is 3. The molecule has 0 unspecified atom stereocenters. The number of amides is 3. The zero-order valence-corrected chi connectivity index (χ0v) is 40.0. The smallest absolute Gasteiger partial charge is 0.328 e. The number of benzene rings is 1. The minimum absolute atomic E-state index is 0.0436. The van der Waals surface area contributed by atoms with Gasteiger partial charge in [-0.3, -0.25) is 24.1 Å². The molecule has 1 aliphatic heterocycles. The molecule has 3 rings (SSSR count). The lowest BCUT2D eigenvalue weighted by molar-refractivity contribution is -0.143. The van der Waals surface area contributed by atoms with Gasteiger partial charge in [-0.1, -0.05) is 87.3 Å². The largest absolute Gasteiger partial charge is 0.481 e. The molecule has 1 aromatic carbocycles. The summed E-state index contributed by atoms with van der Waals surface area (Å²) >= 11 is 1.32. The summed E-state index contributed by atoms with van der Waals surface area (Å²) in [7, 11) is 3.69. The number of likely N-dealkylation sites (N-methyl/N-ethyl adjacent to an activating group) is 2. The van der Waals surface area contributed by atoms with Crippen molar-refractivity contribution in [2.24, 2.45) is 23.7 Å². The number of ether oxygens (including phenoxy) is 2. The molecule has 3 amide bonds. The summed E-state index contributed by atoms with van der Waals surface area (Å²) in [6.07, 6.45) is 5.50. The molecule has 2 heterocycles. The molecule has 0 saturated carbocycles. The van der Waals surface area contributed by atoms with Gasteiger partial charge in [0, 0.05) is 37.0 Å². The van der Waals surface area contributed by atoms with Gasteiger partial charge >= 0.3 is 11.9 Å². The van der Waals surface area contributed by atoms with Crippen molar-refractivity contribution in [1.82, 2.24) is 30.7 Å². The summed E-state index contributed by atoms with van der Waals surface area (Å²) in [5.41, 5.74) is 1.03. The molecular weight excluding hydrogens is 809 g/mol. The second-order valence-electron chi connectivity index (χ2n) is 17.8. The molecule has 0 bridgehead atoms. The number of aliphatic carboxylic acids is 1. The Morgan fingerprint density at radius 1 is 0.935 bits per heavy atom. The molecule has 62 heavy (non-hydrogen) atoms. The predicted molar refractivity (Wildman–Crippen MR) is 244 cm³/mol. The molecule has 1 aliphatic rings. The number of carbonyl (C=O) groups excluding carboxylic acids is 4. The summed E-state index contributed by atoms with van der Waals surface area (Å²) in [6.45, 7) is 19.6. The topological polar surface area (TPSA) is 180 Å². The van der Waals surface area contributed by atoms with Crippen LogP contribution in [-0.2, 0) is 30.3 Å². The minimum Gasteiger partial charge on any atom is -0.481 e. The highest BCUT2D eigenvalue weighted by Gasteiger charge is 2.38. The highest BCUT2D eigenvalue weighted by atomic mass is 32.1. The first-order chi connectivity index (χ1) is 29.4. The van der Waals surface area contributed by atoms with E-state index in [0.29, 0.717) is 36.8 Å².